The van der Waals surface area contributed by atoms with Gasteiger partial charge in [-0.1, -0.05) is 47.7 Å². The largest absolute Gasteiger partial charge is 0.487 e. The summed E-state index contributed by atoms with van der Waals surface area (Å²) in [7, 11) is -1.08. The lowest BCUT2D eigenvalue weighted by Gasteiger charge is -2.17. The van der Waals surface area contributed by atoms with E-state index in [-0.39, 0.29) is 0 Å². The first-order valence-corrected chi connectivity index (χ1v) is 7.82. The second-order valence-electron chi connectivity index (χ2n) is 4.55. The van der Waals surface area contributed by atoms with Gasteiger partial charge in [0, 0.05) is 0 Å². The first kappa shape index (κ1) is 9.30. The third-order valence-corrected chi connectivity index (χ3v) is 6.55. The molecule has 84 valence electrons. The summed E-state index contributed by atoms with van der Waals surface area (Å²) in [6, 6.07) is 18.6. The van der Waals surface area contributed by atoms with Gasteiger partial charge in [0.1, 0.15) is 11.5 Å². The average molecular weight is 240 g/mol. The second kappa shape index (κ2) is 3.37. The van der Waals surface area contributed by atoms with Crippen LogP contribution in [0, 0.1) is 0 Å². The normalized spacial score (nSPS) is 28.4. The summed E-state index contributed by atoms with van der Waals surface area (Å²) in [5, 5.41) is 1.44. The fourth-order valence-electron chi connectivity index (χ4n) is 2.53. The van der Waals surface area contributed by atoms with Crippen LogP contribution in [0.2, 0.25) is 0 Å². The highest BCUT2D eigenvalue weighted by Crippen LogP contribution is 2.41. The smallest absolute Gasteiger partial charge is 0.173 e. The summed E-state index contributed by atoms with van der Waals surface area (Å²) in [5.74, 6) is 1.80. The molecule has 0 bridgehead atoms. The summed E-state index contributed by atoms with van der Waals surface area (Å²) >= 11 is 0. The Kier molecular flexibility index (Phi) is 1.85. The Balaban J connectivity index is 1.64. The van der Waals surface area contributed by atoms with Crippen LogP contribution in [0.5, 0.6) is 11.5 Å². The molecule has 2 aromatic rings. The fourth-order valence-corrected chi connectivity index (χ4v) is 5.55. The quantitative estimate of drug-likeness (QED) is 0.702. The number of hydrogen-bond acceptors (Lipinski definition) is 2. The molecule has 0 spiro atoms. The summed E-state index contributed by atoms with van der Waals surface area (Å²) in [6.45, 7) is 0. The Bertz CT molecular complexity index is 524. The van der Waals surface area contributed by atoms with E-state index in [9.17, 15) is 0 Å². The zero-order chi connectivity index (χ0) is 11.2. The third-order valence-electron chi connectivity index (χ3n) is 3.45. The van der Waals surface area contributed by atoms with Gasteiger partial charge in [-0.05, 0) is 12.1 Å². The minimum absolute atomic E-state index is 0.326. The van der Waals surface area contributed by atoms with Crippen molar-refractivity contribution < 1.29 is 9.47 Å². The van der Waals surface area contributed by atoms with E-state index in [4.69, 9.17) is 9.47 Å². The van der Waals surface area contributed by atoms with Crippen molar-refractivity contribution in [3.63, 3.8) is 0 Å². The van der Waals surface area contributed by atoms with Crippen molar-refractivity contribution >= 4 is 14.0 Å². The topological polar surface area (TPSA) is 18.5 Å². The molecule has 0 aliphatic carbocycles. The van der Waals surface area contributed by atoms with Gasteiger partial charge in [0.05, 0.1) is 0 Å². The van der Waals surface area contributed by atoms with Crippen molar-refractivity contribution in [2.45, 2.75) is 11.5 Å². The van der Waals surface area contributed by atoms with E-state index in [0.717, 1.165) is 11.5 Å². The van der Waals surface area contributed by atoms with Gasteiger partial charge in [-0.15, -0.1) is 0 Å². The van der Waals surface area contributed by atoms with E-state index in [1.807, 2.05) is 24.3 Å². The fraction of sp³-hybridized carbons (Fsp3) is 0.143. The number of ether oxygens (including phenoxy) is 2. The molecule has 0 aromatic heterocycles. The van der Waals surface area contributed by atoms with E-state index in [1.54, 1.807) is 0 Å². The monoisotopic (exact) mass is 240 g/mol. The number of benzene rings is 2. The van der Waals surface area contributed by atoms with Crippen molar-refractivity contribution in [3.05, 3.63) is 54.6 Å². The van der Waals surface area contributed by atoms with Gasteiger partial charge in [0.15, 0.2) is 20.3 Å². The predicted octanol–water partition coefficient (Wildman–Crippen LogP) is 1.42. The first-order valence-electron chi connectivity index (χ1n) is 5.91. The van der Waals surface area contributed by atoms with E-state index in [0.29, 0.717) is 11.5 Å². The molecule has 3 heteroatoms. The maximum absolute atomic E-state index is 6.01. The average Bonchev–Trinajstić information content (AvgIpc) is 3.10. The second-order valence-corrected chi connectivity index (χ2v) is 7.58. The van der Waals surface area contributed by atoms with Gasteiger partial charge in [-0.2, -0.15) is 0 Å². The van der Waals surface area contributed by atoms with E-state index < -0.39 is 8.80 Å². The highest BCUT2D eigenvalue weighted by molar-refractivity contribution is 6.85. The van der Waals surface area contributed by atoms with Gasteiger partial charge in [0.2, 0.25) is 0 Å². The highest BCUT2D eigenvalue weighted by atomic mass is 28.3. The Morgan fingerprint density at radius 3 is 1.82 bits per heavy atom. The SMILES string of the molecule is c1ccc([SiH]2C3Oc4ccccc4OC32)cc1. The van der Waals surface area contributed by atoms with Crippen LogP contribution in [-0.2, 0) is 0 Å². The van der Waals surface area contributed by atoms with Crippen LogP contribution >= 0.6 is 0 Å². The lowest BCUT2D eigenvalue weighted by atomic mass is 10.3. The van der Waals surface area contributed by atoms with E-state index >= 15 is 0 Å². The predicted molar refractivity (Wildman–Crippen MR) is 68.5 cm³/mol. The van der Waals surface area contributed by atoms with Crippen molar-refractivity contribution in [1.82, 2.24) is 0 Å². The van der Waals surface area contributed by atoms with Gasteiger partial charge < -0.3 is 9.47 Å². The summed E-state index contributed by atoms with van der Waals surface area (Å²) in [5.41, 5.74) is 0.652. The molecule has 2 heterocycles. The van der Waals surface area contributed by atoms with Crippen molar-refractivity contribution in [1.29, 1.82) is 0 Å². The molecule has 2 aromatic carbocycles. The molecule has 2 aliphatic rings. The lowest BCUT2D eigenvalue weighted by Crippen LogP contribution is -2.22. The molecule has 2 aliphatic heterocycles. The molecule has 1 saturated heterocycles. The van der Waals surface area contributed by atoms with Crippen LogP contribution in [0.15, 0.2) is 54.6 Å². The van der Waals surface area contributed by atoms with E-state index in [1.165, 1.54) is 5.19 Å². The molecule has 0 radical (unpaired) electrons. The Hall–Kier alpha value is -1.74. The molecule has 2 atom stereocenters. The molecule has 1 fully saturated rings. The lowest BCUT2D eigenvalue weighted by molar-refractivity contribution is 0.166. The van der Waals surface area contributed by atoms with Crippen molar-refractivity contribution in [2.75, 3.05) is 0 Å². The summed E-state index contributed by atoms with van der Waals surface area (Å²) < 4.78 is 12.0. The van der Waals surface area contributed by atoms with Crippen LogP contribution in [0.1, 0.15) is 0 Å². The standard InChI is InChI=1S/C14H12O2Si/c1-2-6-10(7-3-1)17-13-14(17)16-12-9-5-4-8-11(12)15-13/h1-9,13-14,17H. The van der Waals surface area contributed by atoms with Crippen LogP contribution in [0.25, 0.3) is 0 Å². The zero-order valence-corrected chi connectivity index (χ0v) is 10.4. The Labute approximate surface area is 101 Å². The summed E-state index contributed by atoms with van der Waals surface area (Å²) in [4.78, 5) is 0. The van der Waals surface area contributed by atoms with Crippen LogP contribution in [-0.4, -0.2) is 20.3 Å². The molecule has 0 N–H and O–H groups in total. The molecule has 4 rings (SSSR count). The minimum Gasteiger partial charge on any atom is -0.487 e. The van der Waals surface area contributed by atoms with Crippen LogP contribution < -0.4 is 14.7 Å². The zero-order valence-electron chi connectivity index (χ0n) is 9.24. The molecule has 2 unspecified atom stereocenters. The Morgan fingerprint density at radius 2 is 1.24 bits per heavy atom. The van der Waals surface area contributed by atoms with Crippen LogP contribution in [0.3, 0.4) is 0 Å². The van der Waals surface area contributed by atoms with Gasteiger partial charge in [-0.25, -0.2) is 0 Å². The third kappa shape index (κ3) is 1.39. The number of fused-ring (bicyclic) bond motifs is 2. The van der Waals surface area contributed by atoms with Crippen molar-refractivity contribution in [2.24, 2.45) is 0 Å². The molecular formula is C14H12O2Si. The van der Waals surface area contributed by atoms with Gasteiger partial charge >= 0.3 is 0 Å². The molecule has 2 nitrogen and oxygen atoms in total. The first-order chi connectivity index (χ1) is 8.43. The maximum Gasteiger partial charge on any atom is 0.173 e. The molecular weight excluding hydrogens is 228 g/mol. The Morgan fingerprint density at radius 1 is 0.706 bits per heavy atom. The van der Waals surface area contributed by atoms with Crippen LogP contribution in [0.4, 0.5) is 0 Å². The minimum atomic E-state index is -1.08. The number of rotatable bonds is 1. The maximum atomic E-state index is 6.01. The molecule has 0 amide bonds. The highest BCUT2D eigenvalue weighted by Gasteiger charge is 2.60. The number of hydrogen-bond donors (Lipinski definition) is 0. The molecule has 0 saturated carbocycles. The van der Waals surface area contributed by atoms with Crippen molar-refractivity contribution in [3.8, 4) is 11.5 Å². The van der Waals surface area contributed by atoms with Gasteiger partial charge in [0.25, 0.3) is 0 Å². The van der Waals surface area contributed by atoms with E-state index in [2.05, 4.69) is 30.3 Å². The molecule has 17 heavy (non-hydrogen) atoms. The summed E-state index contributed by atoms with van der Waals surface area (Å²) in [6.07, 6.45) is 0. The van der Waals surface area contributed by atoms with Gasteiger partial charge in [-0.3, -0.25) is 0 Å². The number of para-hydroxylation sites is 2.